The summed E-state index contributed by atoms with van der Waals surface area (Å²) in [5.41, 5.74) is 0.775. The molecular formula is C29H34Cl3N3O4. The second-order valence-corrected chi connectivity index (χ2v) is 12.4. The largest absolute Gasteiger partial charge is 0.444 e. The van der Waals surface area contributed by atoms with Gasteiger partial charge in [0.2, 0.25) is 5.91 Å². The Bertz CT molecular complexity index is 1230. The van der Waals surface area contributed by atoms with Crippen molar-refractivity contribution in [1.29, 1.82) is 0 Å². The molecule has 0 unspecified atom stereocenters. The fourth-order valence-electron chi connectivity index (χ4n) is 5.39. The summed E-state index contributed by atoms with van der Waals surface area (Å²) in [4.78, 5) is 45.1. The van der Waals surface area contributed by atoms with Gasteiger partial charge in [-0.15, -0.1) is 0 Å². The third-order valence-corrected chi connectivity index (χ3v) is 8.33. The van der Waals surface area contributed by atoms with Crippen LogP contribution in [0, 0.1) is 0 Å². The number of piperidine rings is 1. The van der Waals surface area contributed by atoms with Crippen LogP contribution in [-0.2, 0) is 9.53 Å². The van der Waals surface area contributed by atoms with Crippen LogP contribution in [0.5, 0.6) is 0 Å². The average molecular weight is 595 g/mol. The van der Waals surface area contributed by atoms with Crippen molar-refractivity contribution in [2.75, 3.05) is 26.7 Å². The van der Waals surface area contributed by atoms with E-state index in [4.69, 9.17) is 39.5 Å². The van der Waals surface area contributed by atoms with Crippen LogP contribution in [0.1, 0.15) is 61.9 Å². The van der Waals surface area contributed by atoms with Crippen LogP contribution in [0.25, 0.3) is 0 Å². The predicted molar refractivity (Wildman–Crippen MR) is 154 cm³/mol. The third-order valence-electron chi connectivity index (χ3n) is 7.33. The number of likely N-dealkylation sites (tertiary alicyclic amines) is 2. The summed E-state index contributed by atoms with van der Waals surface area (Å²) < 4.78 is 5.57. The first-order chi connectivity index (χ1) is 18.4. The number of rotatable bonds is 4. The second-order valence-electron chi connectivity index (χ2n) is 11.2. The van der Waals surface area contributed by atoms with Crippen molar-refractivity contribution in [3.8, 4) is 0 Å². The SMILES string of the molecule is CN(C(=O)c1ccc(Cl)cc1)[C@@H]1CCN(C(=O)[C@H]2CCCN2C(=O)OC(C)(C)C)C[C@H]1c1ccc(Cl)c(Cl)c1. The minimum atomic E-state index is -0.647. The molecule has 0 aliphatic carbocycles. The Morgan fingerprint density at radius 3 is 2.28 bits per heavy atom. The monoisotopic (exact) mass is 593 g/mol. The molecule has 0 aromatic heterocycles. The Morgan fingerprint density at radius 2 is 1.64 bits per heavy atom. The van der Waals surface area contributed by atoms with Crippen molar-refractivity contribution in [2.45, 2.75) is 63.6 Å². The van der Waals surface area contributed by atoms with Gasteiger partial charge in [0.15, 0.2) is 0 Å². The highest BCUT2D eigenvalue weighted by atomic mass is 35.5. The summed E-state index contributed by atoms with van der Waals surface area (Å²) in [6, 6.07) is 11.5. The van der Waals surface area contributed by atoms with Crippen LogP contribution >= 0.6 is 34.8 Å². The number of ether oxygens (including phenoxy) is 1. The molecule has 0 saturated carbocycles. The van der Waals surface area contributed by atoms with Gasteiger partial charge in [-0.05, 0) is 82.0 Å². The van der Waals surface area contributed by atoms with Gasteiger partial charge in [0, 0.05) is 49.2 Å². The molecule has 0 spiro atoms. The fraction of sp³-hybridized carbons (Fsp3) is 0.483. The van der Waals surface area contributed by atoms with Gasteiger partial charge in [-0.3, -0.25) is 14.5 Å². The van der Waals surface area contributed by atoms with E-state index in [0.29, 0.717) is 53.1 Å². The van der Waals surface area contributed by atoms with Gasteiger partial charge in [0.1, 0.15) is 11.6 Å². The Kier molecular flexibility index (Phi) is 9.04. The van der Waals surface area contributed by atoms with Crippen LogP contribution in [0.4, 0.5) is 4.79 Å². The maximum absolute atomic E-state index is 13.8. The Morgan fingerprint density at radius 1 is 0.949 bits per heavy atom. The van der Waals surface area contributed by atoms with E-state index in [1.54, 1.807) is 58.1 Å². The molecular weight excluding hydrogens is 561 g/mol. The van der Waals surface area contributed by atoms with Crippen LogP contribution in [0.15, 0.2) is 42.5 Å². The Hall–Kier alpha value is -2.48. The summed E-state index contributed by atoms with van der Waals surface area (Å²) in [6.45, 7) is 6.75. The maximum Gasteiger partial charge on any atom is 0.410 e. The summed E-state index contributed by atoms with van der Waals surface area (Å²) in [5, 5.41) is 1.40. The molecule has 0 radical (unpaired) electrons. The van der Waals surface area contributed by atoms with E-state index in [0.717, 1.165) is 12.0 Å². The molecule has 0 N–H and O–H groups in total. The molecule has 2 fully saturated rings. The van der Waals surface area contributed by atoms with Crippen molar-refractivity contribution < 1.29 is 19.1 Å². The lowest BCUT2D eigenvalue weighted by Crippen LogP contribution is -2.55. The standard InChI is InChI=1S/C29H34Cl3N3O4/c1-29(2,3)39-28(38)35-14-5-6-25(35)27(37)34-15-13-24(21(17-34)19-9-12-22(31)23(32)16-19)33(4)26(36)18-7-10-20(30)11-8-18/h7-12,16,21,24-25H,5-6,13-15,17H2,1-4H3/t21-,24+,25+/m0/s1. The van der Waals surface area contributed by atoms with Crippen molar-refractivity contribution >= 4 is 52.7 Å². The lowest BCUT2D eigenvalue weighted by molar-refractivity contribution is -0.137. The van der Waals surface area contributed by atoms with E-state index in [1.165, 1.54) is 0 Å². The fourth-order valence-corrected chi connectivity index (χ4v) is 5.83. The number of likely N-dealkylation sites (N-methyl/N-ethyl adjacent to an activating group) is 1. The molecule has 3 atom stereocenters. The van der Waals surface area contributed by atoms with E-state index in [-0.39, 0.29) is 23.8 Å². The number of benzene rings is 2. The van der Waals surface area contributed by atoms with Gasteiger partial charge in [-0.25, -0.2) is 4.79 Å². The van der Waals surface area contributed by atoms with Gasteiger partial charge >= 0.3 is 6.09 Å². The summed E-state index contributed by atoms with van der Waals surface area (Å²) >= 11 is 18.6. The number of amides is 3. The minimum absolute atomic E-state index is 0.103. The summed E-state index contributed by atoms with van der Waals surface area (Å²) in [6.07, 6.45) is 1.42. The van der Waals surface area contributed by atoms with E-state index in [2.05, 4.69) is 0 Å². The number of nitrogens with zero attached hydrogens (tertiary/aromatic N) is 3. The van der Waals surface area contributed by atoms with Crippen molar-refractivity contribution in [3.63, 3.8) is 0 Å². The average Bonchev–Trinajstić information content (AvgIpc) is 3.38. The number of carbonyl (C=O) groups is 3. The molecule has 4 rings (SSSR count). The normalized spacial score (nSPS) is 21.6. The van der Waals surface area contributed by atoms with E-state index in [1.807, 2.05) is 26.8 Å². The van der Waals surface area contributed by atoms with Crippen LogP contribution in [0.2, 0.25) is 15.1 Å². The lowest BCUT2D eigenvalue weighted by atomic mass is 9.84. The van der Waals surface area contributed by atoms with E-state index in [9.17, 15) is 14.4 Å². The molecule has 10 heteroatoms. The van der Waals surface area contributed by atoms with Gasteiger partial charge in [0.25, 0.3) is 5.91 Å². The third kappa shape index (κ3) is 6.82. The molecule has 2 aromatic rings. The van der Waals surface area contributed by atoms with Gasteiger partial charge in [0.05, 0.1) is 10.0 Å². The molecule has 3 amide bonds. The van der Waals surface area contributed by atoms with Crippen LogP contribution in [0.3, 0.4) is 0 Å². The minimum Gasteiger partial charge on any atom is -0.444 e. The molecule has 2 aliphatic heterocycles. The zero-order valence-electron chi connectivity index (χ0n) is 22.6. The highest BCUT2D eigenvalue weighted by Crippen LogP contribution is 2.35. The Labute approximate surface area is 244 Å². The van der Waals surface area contributed by atoms with E-state index < -0.39 is 17.7 Å². The smallest absolute Gasteiger partial charge is 0.410 e. The Balaban J connectivity index is 1.58. The van der Waals surface area contributed by atoms with Crippen molar-refractivity contribution in [3.05, 3.63) is 68.7 Å². The molecule has 2 aromatic carbocycles. The van der Waals surface area contributed by atoms with Crippen LogP contribution < -0.4 is 0 Å². The maximum atomic E-state index is 13.8. The first-order valence-electron chi connectivity index (χ1n) is 13.1. The highest BCUT2D eigenvalue weighted by molar-refractivity contribution is 6.42. The summed E-state index contributed by atoms with van der Waals surface area (Å²) in [5.74, 6) is -0.447. The molecule has 210 valence electrons. The number of hydrogen-bond donors (Lipinski definition) is 0. The lowest BCUT2D eigenvalue weighted by Gasteiger charge is -2.44. The van der Waals surface area contributed by atoms with Crippen LogP contribution in [-0.4, -0.2) is 77.0 Å². The molecule has 7 nitrogen and oxygen atoms in total. The second kappa shape index (κ2) is 11.9. The zero-order valence-corrected chi connectivity index (χ0v) is 24.9. The number of hydrogen-bond acceptors (Lipinski definition) is 4. The predicted octanol–water partition coefficient (Wildman–Crippen LogP) is 6.50. The quantitative estimate of drug-likeness (QED) is 0.405. The van der Waals surface area contributed by atoms with Gasteiger partial charge < -0.3 is 14.5 Å². The first-order valence-corrected chi connectivity index (χ1v) is 14.2. The van der Waals surface area contributed by atoms with Crippen molar-refractivity contribution in [2.24, 2.45) is 0 Å². The molecule has 2 saturated heterocycles. The number of carbonyl (C=O) groups excluding carboxylic acids is 3. The summed E-state index contributed by atoms with van der Waals surface area (Å²) in [7, 11) is 1.78. The topological polar surface area (TPSA) is 70.2 Å². The molecule has 2 heterocycles. The first kappa shape index (κ1) is 29.5. The van der Waals surface area contributed by atoms with Gasteiger partial charge in [-0.2, -0.15) is 0 Å². The molecule has 39 heavy (non-hydrogen) atoms. The van der Waals surface area contributed by atoms with Gasteiger partial charge in [-0.1, -0.05) is 40.9 Å². The van der Waals surface area contributed by atoms with E-state index >= 15 is 0 Å². The zero-order chi connectivity index (χ0) is 28.5. The van der Waals surface area contributed by atoms with Crippen molar-refractivity contribution in [1.82, 2.24) is 14.7 Å². The highest BCUT2D eigenvalue weighted by Gasteiger charge is 2.42. The molecule has 0 bridgehead atoms. The number of halogens is 3. The molecule has 2 aliphatic rings.